The van der Waals surface area contributed by atoms with Gasteiger partial charge in [0.25, 0.3) is 0 Å². The molecule has 0 aliphatic rings. The van der Waals surface area contributed by atoms with E-state index in [1.165, 1.54) is 4.31 Å². The van der Waals surface area contributed by atoms with Crippen molar-refractivity contribution >= 4 is 10.0 Å². The van der Waals surface area contributed by atoms with Crippen molar-refractivity contribution in [2.24, 2.45) is 5.92 Å². The Kier molecular flexibility index (Phi) is 6.86. The summed E-state index contributed by atoms with van der Waals surface area (Å²) in [6, 6.07) is 11.7. The summed E-state index contributed by atoms with van der Waals surface area (Å²) in [4.78, 5) is 0. The largest absolute Gasteiger partial charge is 0.214 e. The zero-order chi connectivity index (χ0) is 15.9. The minimum atomic E-state index is -3.35. The Balaban J connectivity index is 2.83. The second-order valence-corrected chi connectivity index (χ2v) is 7.76. The SMILES string of the molecule is CC(C)CN(CCC#N)S(=O)(=O)CC(C)c1ccccc1. The molecule has 0 aromatic heterocycles. The predicted octanol–water partition coefficient (Wildman–Crippen LogP) is 2.99. The Morgan fingerprint density at radius 1 is 1.19 bits per heavy atom. The maximum Gasteiger partial charge on any atom is 0.214 e. The molecule has 1 rings (SSSR count). The van der Waals surface area contributed by atoms with Crippen LogP contribution < -0.4 is 0 Å². The van der Waals surface area contributed by atoms with Crippen LogP contribution in [0.5, 0.6) is 0 Å². The molecule has 116 valence electrons. The van der Waals surface area contributed by atoms with Gasteiger partial charge in [-0.15, -0.1) is 0 Å². The molecule has 1 aromatic carbocycles. The molecule has 0 saturated heterocycles. The molecule has 0 aliphatic heterocycles. The Morgan fingerprint density at radius 3 is 2.33 bits per heavy atom. The molecular weight excluding hydrogens is 284 g/mol. The smallest absolute Gasteiger partial charge is 0.212 e. The van der Waals surface area contributed by atoms with Gasteiger partial charge in [-0.3, -0.25) is 0 Å². The van der Waals surface area contributed by atoms with Crippen molar-refractivity contribution in [2.45, 2.75) is 33.1 Å². The maximum absolute atomic E-state index is 12.6. The second kappa shape index (κ2) is 8.16. The van der Waals surface area contributed by atoms with Crippen molar-refractivity contribution in [3.05, 3.63) is 35.9 Å². The Hall–Kier alpha value is -1.38. The summed E-state index contributed by atoms with van der Waals surface area (Å²) in [5, 5.41) is 8.70. The molecule has 21 heavy (non-hydrogen) atoms. The van der Waals surface area contributed by atoms with E-state index in [2.05, 4.69) is 0 Å². The fourth-order valence-electron chi connectivity index (χ4n) is 2.23. The zero-order valence-electron chi connectivity index (χ0n) is 13.0. The van der Waals surface area contributed by atoms with E-state index in [1.54, 1.807) is 0 Å². The lowest BCUT2D eigenvalue weighted by molar-refractivity contribution is 0.371. The highest BCUT2D eigenvalue weighted by Gasteiger charge is 2.25. The third kappa shape index (κ3) is 5.86. The van der Waals surface area contributed by atoms with Gasteiger partial charge in [0.15, 0.2) is 0 Å². The quantitative estimate of drug-likeness (QED) is 0.741. The highest BCUT2D eigenvalue weighted by molar-refractivity contribution is 7.89. The monoisotopic (exact) mass is 308 g/mol. The molecule has 1 atom stereocenters. The summed E-state index contributed by atoms with van der Waals surface area (Å²) in [5.41, 5.74) is 1.02. The van der Waals surface area contributed by atoms with Crippen molar-refractivity contribution in [3.63, 3.8) is 0 Å². The standard InChI is InChI=1S/C16H24N2O2S/c1-14(2)12-18(11-7-10-17)21(19,20)13-15(3)16-8-5-4-6-9-16/h4-6,8-9,14-15H,7,11-13H2,1-3H3. The molecule has 1 unspecified atom stereocenters. The van der Waals surface area contributed by atoms with Crippen molar-refractivity contribution in [2.75, 3.05) is 18.8 Å². The van der Waals surface area contributed by atoms with Crippen LogP contribution in [-0.2, 0) is 10.0 Å². The van der Waals surface area contributed by atoms with E-state index in [9.17, 15) is 8.42 Å². The van der Waals surface area contributed by atoms with Crippen LogP contribution in [0.3, 0.4) is 0 Å². The average Bonchev–Trinajstić information content (AvgIpc) is 2.43. The topological polar surface area (TPSA) is 61.2 Å². The molecular formula is C16H24N2O2S. The average molecular weight is 308 g/mol. The van der Waals surface area contributed by atoms with Gasteiger partial charge in [-0.1, -0.05) is 51.1 Å². The van der Waals surface area contributed by atoms with Crippen molar-refractivity contribution in [1.82, 2.24) is 4.31 Å². The van der Waals surface area contributed by atoms with Crippen LogP contribution in [0.15, 0.2) is 30.3 Å². The van der Waals surface area contributed by atoms with E-state index in [0.717, 1.165) is 5.56 Å². The highest BCUT2D eigenvalue weighted by atomic mass is 32.2. The first-order valence-electron chi connectivity index (χ1n) is 7.26. The summed E-state index contributed by atoms with van der Waals surface area (Å²) in [7, 11) is -3.35. The van der Waals surface area contributed by atoms with Gasteiger partial charge in [-0.25, -0.2) is 12.7 Å². The number of hydrogen-bond acceptors (Lipinski definition) is 3. The van der Waals surface area contributed by atoms with Crippen molar-refractivity contribution < 1.29 is 8.42 Å². The summed E-state index contributed by atoms with van der Waals surface area (Å²) in [6.07, 6.45) is 0.228. The Labute approximate surface area is 128 Å². The Bertz CT molecular complexity index is 562. The van der Waals surface area contributed by atoms with Crippen molar-refractivity contribution in [3.8, 4) is 6.07 Å². The first-order chi connectivity index (χ1) is 9.86. The molecule has 0 bridgehead atoms. The van der Waals surface area contributed by atoms with Gasteiger partial charge in [0, 0.05) is 19.5 Å². The van der Waals surface area contributed by atoms with Gasteiger partial charge in [-0.05, 0) is 17.4 Å². The lowest BCUT2D eigenvalue weighted by atomic mass is 10.0. The number of hydrogen-bond donors (Lipinski definition) is 0. The zero-order valence-corrected chi connectivity index (χ0v) is 13.8. The van der Waals surface area contributed by atoms with E-state index in [-0.39, 0.29) is 30.6 Å². The van der Waals surface area contributed by atoms with Gasteiger partial charge >= 0.3 is 0 Å². The van der Waals surface area contributed by atoms with Crippen LogP contribution in [0.4, 0.5) is 0 Å². The van der Waals surface area contributed by atoms with Crippen LogP contribution >= 0.6 is 0 Å². The molecule has 0 fully saturated rings. The summed E-state index contributed by atoms with van der Waals surface area (Å²) in [5.74, 6) is 0.258. The van der Waals surface area contributed by atoms with Crippen LogP contribution in [0.1, 0.15) is 38.7 Å². The van der Waals surface area contributed by atoms with Crippen LogP contribution in [0.2, 0.25) is 0 Å². The van der Waals surface area contributed by atoms with E-state index in [1.807, 2.05) is 57.2 Å². The molecule has 4 nitrogen and oxygen atoms in total. The summed E-state index contributed by atoms with van der Waals surface area (Å²) in [6.45, 7) is 6.62. The molecule has 0 heterocycles. The van der Waals surface area contributed by atoms with Gasteiger partial charge in [0.1, 0.15) is 0 Å². The fourth-order valence-corrected chi connectivity index (χ4v) is 4.15. The molecule has 0 saturated carbocycles. The summed E-state index contributed by atoms with van der Waals surface area (Å²) < 4.78 is 26.6. The first-order valence-corrected chi connectivity index (χ1v) is 8.87. The summed E-state index contributed by atoms with van der Waals surface area (Å²) >= 11 is 0. The molecule has 1 aromatic rings. The number of nitrogens with zero attached hydrogens (tertiary/aromatic N) is 2. The predicted molar refractivity (Wildman–Crippen MR) is 85.3 cm³/mol. The number of sulfonamides is 1. The van der Waals surface area contributed by atoms with E-state index in [0.29, 0.717) is 6.54 Å². The van der Waals surface area contributed by atoms with Gasteiger partial charge in [-0.2, -0.15) is 5.26 Å². The lowest BCUT2D eigenvalue weighted by Crippen LogP contribution is -2.37. The van der Waals surface area contributed by atoms with E-state index < -0.39 is 10.0 Å². The lowest BCUT2D eigenvalue weighted by Gasteiger charge is -2.24. The molecule has 0 amide bonds. The molecule has 0 spiro atoms. The molecule has 0 radical (unpaired) electrons. The second-order valence-electron chi connectivity index (χ2n) is 5.75. The molecule has 0 N–H and O–H groups in total. The minimum Gasteiger partial charge on any atom is -0.212 e. The first kappa shape index (κ1) is 17.7. The van der Waals surface area contributed by atoms with E-state index in [4.69, 9.17) is 5.26 Å². The van der Waals surface area contributed by atoms with Crippen LogP contribution in [0.25, 0.3) is 0 Å². The number of nitriles is 1. The van der Waals surface area contributed by atoms with Crippen LogP contribution in [0, 0.1) is 17.2 Å². The van der Waals surface area contributed by atoms with Crippen LogP contribution in [-0.4, -0.2) is 31.6 Å². The molecule has 0 aliphatic carbocycles. The third-order valence-electron chi connectivity index (χ3n) is 3.26. The number of rotatable bonds is 8. The maximum atomic E-state index is 12.6. The minimum absolute atomic E-state index is 0.0621. The number of benzene rings is 1. The normalized spacial score (nSPS) is 13.3. The van der Waals surface area contributed by atoms with Crippen molar-refractivity contribution in [1.29, 1.82) is 5.26 Å². The molecule has 5 heteroatoms. The highest BCUT2D eigenvalue weighted by Crippen LogP contribution is 2.19. The third-order valence-corrected chi connectivity index (χ3v) is 5.30. The Morgan fingerprint density at radius 2 is 1.81 bits per heavy atom. The van der Waals surface area contributed by atoms with Gasteiger partial charge < -0.3 is 0 Å². The van der Waals surface area contributed by atoms with Gasteiger partial charge in [0.05, 0.1) is 11.8 Å². The van der Waals surface area contributed by atoms with E-state index >= 15 is 0 Å². The fraction of sp³-hybridized carbons (Fsp3) is 0.562. The van der Waals surface area contributed by atoms with Gasteiger partial charge in [0.2, 0.25) is 10.0 Å².